The number of carbonyl (C=O) groups is 1. The summed E-state index contributed by atoms with van der Waals surface area (Å²) in [6.07, 6.45) is 4.09. The molecule has 0 aliphatic carbocycles. The average Bonchev–Trinajstić information content (AvgIpc) is 2.42. The van der Waals surface area contributed by atoms with Gasteiger partial charge in [-0.2, -0.15) is 0 Å². The standard InChI is InChI=1S/C17H23NO2/c1-3-4-5-9-17(20)18-16-11-10-14(2)13-15(16)8-6-7-12-19/h10-11,13,19H,3-5,7,9,12H2,1-2H3,(H,18,20). The van der Waals surface area contributed by atoms with Gasteiger partial charge in [-0.05, 0) is 31.0 Å². The number of rotatable bonds is 6. The summed E-state index contributed by atoms with van der Waals surface area (Å²) < 4.78 is 0. The van der Waals surface area contributed by atoms with Gasteiger partial charge in [0, 0.05) is 18.4 Å². The maximum atomic E-state index is 11.9. The molecule has 2 N–H and O–H groups in total. The van der Waals surface area contributed by atoms with Crippen LogP contribution in [0.5, 0.6) is 0 Å². The minimum atomic E-state index is 0.0347. The second kappa shape index (κ2) is 9.17. The number of aryl methyl sites for hydroxylation is 1. The minimum absolute atomic E-state index is 0.0347. The quantitative estimate of drug-likeness (QED) is 0.617. The van der Waals surface area contributed by atoms with E-state index in [0.29, 0.717) is 12.8 Å². The maximum Gasteiger partial charge on any atom is 0.224 e. The molecule has 20 heavy (non-hydrogen) atoms. The molecule has 0 aromatic heterocycles. The van der Waals surface area contributed by atoms with E-state index in [1.54, 1.807) is 0 Å². The second-order valence-electron chi connectivity index (χ2n) is 4.83. The fourth-order valence-electron chi connectivity index (χ4n) is 1.83. The highest BCUT2D eigenvalue weighted by Gasteiger charge is 2.05. The number of amides is 1. The van der Waals surface area contributed by atoms with Gasteiger partial charge in [0.2, 0.25) is 5.91 Å². The molecule has 1 aromatic rings. The first kappa shape index (κ1) is 16.3. The molecule has 0 aliphatic heterocycles. The Hall–Kier alpha value is -1.79. The molecular weight excluding hydrogens is 250 g/mol. The van der Waals surface area contributed by atoms with E-state index in [-0.39, 0.29) is 12.5 Å². The molecular formula is C17H23NO2. The van der Waals surface area contributed by atoms with Gasteiger partial charge in [-0.25, -0.2) is 0 Å². The maximum absolute atomic E-state index is 11.9. The van der Waals surface area contributed by atoms with Crippen molar-refractivity contribution in [3.63, 3.8) is 0 Å². The van der Waals surface area contributed by atoms with Crippen LogP contribution < -0.4 is 5.32 Å². The number of aliphatic hydroxyl groups is 1. The average molecular weight is 273 g/mol. The highest BCUT2D eigenvalue weighted by atomic mass is 16.2. The van der Waals surface area contributed by atoms with Crippen molar-refractivity contribution in [3.05, 3.63) is 29.3 Å². The summed E-state index contributed by atoms with van der Waals surface area (Å²) in [4.78, 5) is 11.9. The predicted molar refractivity (Wildman–Crippen MR) is 82.5 cm³/mol. The molecule has 0 saturated heterocycles. The monoisotopic (exact) mass is 273 g/mol. The van der Waals surface area contributed by atoms with Crippen molar-refractivity contribution in [2.45, 2.75) is 46.0 Å². The molecule has 0 aliphatic rings. The largest absolute Gasteiger partial charge is 0.395 e. The SMILES string of the molecule is CCCCCC(=O)Nc1ccc(C)cc1C#CCCO. The number of unbranched alkanes of at least 4 members (excludes halogenated alkanes) is 2. The number of hydrogen-bond donors (Lipinski definition) is 2. The topological polar surface area (TPSA) is 49.3 Å². The molecule has 0 spiro atoms. The van der Waals surface area contributed by atoms with Crippen molar-refractivity contribution in [2.75, 3.05) is 11.9 Å². The van der Waals surface area contributed by atoms with Crippen molar-refractivity contribution in [3.8, 4) is 11.8 Å². The first-order chi connectivity index (χ1) is 9.67. The molecule has 0 atom stereocenters. The molecule has 0 unspecified atom stereocenters. The van der Waals surface area contributed by atoms with E-state index < -0.39 is 0 Å². The number of carbonyl (C=O) groups excluding carboxylic acids is 1. The molecule has 1 amide bonds. The number of anilines is 1. The lowest BCUT2D eigenvalue weighted by atomic mass is 10.1. The van der Waals surface area contributed by atoms with E-state index >= 15 is 0 Å². The molecule has 3 nitrogen and oxygen atoms in total. The zero-order chi connectivity index (χ0) is 14.8. The number of benzene rings is 1. The number of hydrogen-bond acceptors (Lipinski definition) is 2. The summed E-state index contributed by atoms with van der Waals surface area (Å²) >= 11 is 0. The number of nitrogens with one attached hydrogen (secondary N) is 1. The Morgan fingerprint density at radius 3 is 2.85 bits per heavy atom. The zero-order valence-corrected chi connectivity index (χ0v) is 12.3. The summed E-state index contributed by atoms with van der Waals surface area (Å²) in [5.74, 6) is 5.93. The van der Waals surface area contributed by atoms with E-state index in [1.807, 2.05) is 25.1 Å². The zero-order valence-electron chi connectivity index (χ0n) is 12.3. The van der Waals surface area contributed by atoms with E-state index in [9.17, 15) is 4.79 Å². The molecule has 0 saturated carbocycles. The van der Waals surface area contributed by atoms with Crippen LogP contribution in [0.3, 0.4) is 0 Å². The van der Waals surface area contributed by atoms with E-state index in [4.69, 9.17) is 5.11 Å². The summed E-state index contributed by atoms with van der Waals surface area (Å²) in [5, 5.41) is 11.7. The van der Waals surface area contributed by atoms with Gasteiger partial charge in [-0.3, -0.25) is 4.79 Å². The van der Waals surface area contributed by atoms with Gasteiger partial charge in [-0.15, -0.1) is 0 Å². The van der Waals surface area contributed by atoms with Crippen LogP contribution in [-0.4, -0.2) is 17.6 Å². The molecule has 0 radical (unpaired) electrons. The van der Waals surface area contributed by atoms with E-state index in [2.05, 4.69) is 24.1 Å². The van der Waals surface area contributed by atoms with E-state index in [1.165, 1.54) is 0 Å². The Morgan fingerprint density at radius 1 is 1.35 bits per heavy atom. The van der Waals surface area contributed by atoms with Crippen molar-refractivity contribution in [1.82, 2.24) is 0 Å². The summed E-state index contributed by atoms with van der Waals surface area (Å²) in [5.41, 5.74) is 2.66. The third-order valence-electron chi connectivity index (χ3n) is 2.92. The lowest BCUT2D eigenvalue weighted by Gasteiger charge is -2.08. The van der Waals surface area contributed by atoms with Gasteiger partial charge < -0.3 is 10.4 Å². The van der Waals surface area contributed by atoms with Crippen LogP contribution >= 0.6 is 0 Å². The van der Waals surface area contributed by atoms with Crippen LogP contribution in [0, 0.1) is 18.8 Å². The normalized spacial score (nSPS) is 9.75. The van der Waals surface area contributed by atoms with Gasteiger partial charge in [0.05, 0.1) is 12.3 Å². The van der Waals surface area contributed by atoms with Crippen molar-refractivity contribution < 1.29 is 9.90 Å². The lowest BCUT2D eigenvalue weighted by Crippen LogP contribution is -2.12. The highest BCUT2D eigenvalue weighted by molar-refractivity contribution is 5.92. The van der Waals surface area contributed by atoms with Crippen LogP contribution in [0.25, 0.3) is 0 Å². The summed E-state index contributed by atoms with van der Waals surface area (Å²) in [7, 11) is 0. The highest BCUT2D eigenvalue weighted by Crippen LogP contribution is 2.17. The molecule has 108 valence electrons. The lowest BCUT2D eigenvalue weighted by molar-refractivity contribution is -0.116. The Balaban J connectivity index is 2.74. The van der Waals surface area contributed by atoms with Gasteiger partial charge in [-0.1, -0.05) is 37.7 Å². The van der Waals surface area contributed by atoms with Crippen LogP contribution in [-0.2, 0) is 4.79 Å². The molecule has 0 fully saturated rings. The fourth-order valence-corrected chi connectivity index (χ4v) is 1.83. The number of aliphatic hydroxyl groups excluding tert-OH is 1. The summed E-state index contributed by atoms with van der Waals surface area (Å²) in [6.45, 7) is 4.16. The molecule has 0 bridgehead atoms. The Bertz CT molecular complexity index is 497. The second-order valence-corrected chi connectivity index (χ2v) is 4.83. The smallest absolute Gasteiger partial charge is 0.224 e. The Kier molecular flexibility index (Phi) is 7.46. The third kappa shape index (κ3) is 5.90. The van der Waals surface area contributed by atoms with E-state index in [0.717, 1.165) is 36.1 Å². The first-order valence-corrected chi connectivity index (χ1v) is 7.17. The van der Waals surface area contributed by atoms with Crippen LogP contribution in [0.2, 0.25) is 0 Å². The van der Waals surface area contributed by atoms with Gasteiger partial charge in [0.1, 0.15) is 0 Å². The minimum Gasteiger partial charge on any atom is -0.395 e. The van der Waals surface area contributed by atoms with Crippen molar-refractivity contribution in [2.24, 2.45) is 0 Å². The van der Waals surface area contributed by atoms with Gasteiger partial charge >= 0.3 is 0 Å². The molecule has 1 aromatic carbocycles. The van der Waals surface area contributed by atoms with Crippen LogP contribution in [0.4, 0.5) is 5.69 Å². The summed E-state index contributed by atoms with van der Waals surface area (Å²) in [6, 6.07) is 5.79. The predicted octanol–water partition coefficient (Wildman–Crippen LogP) is 3.25. The third-order valence-corrected chi connectivity index (χ3v) is 2.92. The van der Waals surface area contributed by atoms with Crippen LogP contribution in [0.15, 0.2) is 18.2 Å². The van der Waals surface area contributed by atoms with Crippen molar-refractivity contribution in [1.29, 1.82) is 0 Å². The van der Waals surface area contributed by atoms with Crippen molar-refractivity contribution >= 4 is 11.6 Å². The van der Waals surface area contributed by atoms with Gasteiger partial charge in [0.15, 0.2) is 0 Å². The molecule has 1 rings (SSSR count). The Morgan fingerprint density at radius 2 is 2.15 bits per heavy atom. The van der Waals surface area contributed by atoms with Crippen LogP contribution in [0.1, 0.15) is 50.2 Å². The Labute approximate surface area is 121 Å². The first-order valence-electron chi connectivity index (χ1n) is 7.17. The fraction of sp³-hybridized carbons (Fsp3) is 0.471. The van der Waals surface area contributed by atoms with Gasteiger partial charge in [0.25, 0.3) is 0 Å². The molecule has 0 heterocycles. The molecule has 3 heteroatoms.